The number of benzene rings is 1. The van der Waals surface area contributed by atoms with Crippen LogP contribution in [0.3, 0.4) is 0 Å². The van der Waals surface area contributed by atoms with Crippen molar-refractivity contribution in [2.45, 2.75) is 12.5 Å². The Bertz CT molecular complexity index is 444. The van der Waals surface area contributed by atoms with Crippen molar-refractivity contribution >= 4 is 11.6 Å². The minimum Gasteiger partial charge on any atom is -0.487 e. The molecule has 1 fully saturated rings. The predicted molar refractivity (Wildman–Crippen MR) is 63.9 cm³/mol. The molecule has 1 aromatic rings. The summed E-state index contributed by atoms with van der Waals surface area (Å²) in [5, 5.41) is 0. The molecular weight excluding hydrogens is 243 g/mol. The van der Waals surface area contributed by atoms with E-state index in [0.29, 0.717) is 24.5 Å². The van der Waals surface area contributed by atoms with Crippen LogP contribution in [0.1, 0.15) is 12.0 Å². The number of rotatable bonds is 2. The lowest BCUT2D eigenvalue weighted by Gasteiger charge is -2.13. The molecular formula is C13H12ClFO2. The molecule has 1 atom stereocenters. The van der Waals surface area contributed by atoms with Crippen molar-refractivity contribution < 1.29 is 13.9 Å². The van der Waals surface area contributed by atoms with Crippen LogP contribution in [0.5, 0.6) is 5.75 Å². The second kappa shape index (κ2) is 5.90. The molecule has 4 heteroatoms. The standard InChI is InChI=1S/C13H12ClFO2/c14-6-1-2-10-3-4-11(15)8-13(10)17-12-5-7-16-9-12/h3-4,8,12H,5-7,9H2. The van der Waals surface area contributed by atoms with E-state index in [1.165, 1.54) is 12.1 Å². The molecule has 0 radical (unpaired) electrons. The van der Waals surface area contributed by atoms with E-state index in [4.69, 9.17) is 21.1 Å². The average Bonchev–Trinajstić information content (AvgIpc) is 2.81. The van der Waals surface area contributed by atoms with Gasteiger partial charge in [0.25, 0.3) is 0 Å². The highest BCUT2D eigenvalue weighted by molar-refractivity contribution is 6.19. The van der Waals surface area contributed by atoms with Gasteiger partial charge in [0.2, 0.25) is 0 Å². The Balaban J connectivity index is 2.19. The first-order valence-corrected chi connectivity index (χ1v) is 5.92. The summed E-state index contributed by atoms with van der Waals surface area (Å²) < 4.78 is 24.0. The maximum Gasteiger partial charge on any atom is 0.138 e. The largest absolute Gasteiger partial charge is 0.487 e. The van der Waals surface area contributed by atoms with Crippen LogP contribution >= 0.6 is 11.6 Å². The maximum atomic E-state index is 13.2. The van der Waals surface area contributed by atoms with Crippen molar-refractivity contribution in [1.82, 2.24) is 0 Å². The Hall–Kier alpha value is -1.24. The van der Waals surface area contributed by atoms with Crippen LogP contribution in [0.25, 0.3) is 0 Å². The van der Waals surface area contributed by atoms with Gasteiger partial charge in [0.05, 0.1) is 24.7 Å². The Morgan fingerprint density at radius 1 is 1.53 bits per heavy atom. The second-order valence-electron chi connectivity index (χ2n) is 3.68. The van der Waals surface area contributed by atoms with Gasteiger partial charge in [0, 0.05) is 12.5 Å². The smallest absolute Gasteiger partial charge is 0.138 e. The van der Waals surface area contributed by atoms with E-state index < -0.39 is 0 Å². The lowest BCUT2D eigenvalue weighted by molar-refractivity contribution is 0.141. The van der Waals surface area contributed by atoms with E-state index in [2.05, 4.69) is 11.8 Å². The molecule has 1 unspecified atom stereocenters. The van der Waals surface area contributed by atoms with Crippen molar-refractivity contribution in [2.24, 2.45) is 0 Å². The van der Waals surface area contributed by atoms with Gasteiger partial charge in [0.1, 0.15) is 17.7 Å². The normalized spacial score (nSPS) is 18.6. The number of hydrogen-bond acceptors (Lipinski definition) is 2. The lowest BCUT2D eigenvalue weighted by Crippen LogP contribution is -2.16. The lowest BCUT2D eigenvalue weighted by atomic mass is 10.2. The Kier molecular flexibility index (Phi) is 4.24. The molecule has 17 heavy (non-hydrogen) atoms. The van der Waals surface area contributed by atoms with Gasteiger partial charge in [-0.3, -0.25) is 0 Å². The van der Waals surface area contributed by atoms with E-state index in [9.17, 15) is 4.39 Å². The van der Waals surface area contributed by atoms with Gasteiger partial charge < -0.3 is 9.47 Å². The van der Waals surface area contributed by atoms with Gasteiger partial charge in [0.15, 0.2) is 0 Å². The fourth-order valence-electron chi connectivity index (χ4n) is 1.61. The highest BCUT2D eigenvalue weighted by Gasteiger charge is 2.18. The van der Waals surface area contributed by atoms with Crippen molar-refractivity contribution in [3.8, 4) is 17.6 Å². The third kappa shape index (κ3) is 3.36. The summed E-state index contributed by atoms with van der Waals surface area (Å²) in [5.41, 5.74) is 0.652. The first-order valence-electron chi connectivity index (χ1n) is 5.38. The predicted octanol–water partition coefficient (Wildman–Crippen LogP) is 2.58. The van der Waals surface area contributed by atoms with E-state index in [-0.39, 0.29) is 17.8 Å². The molecule has 0 saturated carbocycles. The highest BCUT2D eigenvalue weighted by Crippen LogP contribution is 2.22. The van der Waals surface area contributed by atoms with Gasteiger partial charge in [-0.1, -0.05) is 11.8 Å². The number of ether oxygens (including phenoxy) is 2. The van der Waals surface area contributed by atoms with Crippen molar-refractivity contribution in [3.63, 3.8) is 0 Å². The second-order valence-corrected chi connectivity index (χ2v) is 3.95. The van der Waals surface area contributed by atoms with Crippen LogP contribution in [0.15, 0.2) is 18.2 Å². The van der Waals surface area contributed by atoms with E-state index in [1.807, 2.05) is 0 Å². The summed E-state index contributed by atoms with van der Waals surface area (Å²) in [6, 6.07) is 4.30. The first-order chi connectivity index (χ1) is 8.29. The SMILES string of the molecule is Fc1ccc(C#CCCl)c(OC2CCOC2)c1. The minimum atomic E-state index is -0.338. The third-order valence-electron chi connectivity index (χ3n) is 2.42. The molecule has 0 amide bonds. The monoisotopic (exact) mass is 254 g/mol. The van der Waals surface area contributed by atoms with Crippen molar-refractivity contribution in [3.05, 3.63) is 29.6 Å². The molecule has 2 nitrogen and oxygen atoms in total. The fraction of sp³-hybridized carbons (Fsp3) is 0.385. The molecule has 90 valence electrons. The van der Waals surface area contributed by atoms with Crippen LogP contribution in [-0.4, -0.2) is 25.2 Å². The molecule has 1 saturated heterocycles. The molecule has 0 aliphatic carbocycles. The molecule has 1 aliphatic heterocycles. The first kappa shape index (κ1) is 12.2. The molecule has 1 aliphatic rings. The Morgan fingerprint density at radius 3 is 3.12 bits per heavy atom. The molecule has 0 N–H and O–H groups in total. The van der Waals surface area contributed by atoms with Crippen LogP contribution in [0.2, 0.25) is 0 Å². The Labute approximate surface area is 105 Å². The summed E-state index contributed by atoms with van der Waals surface area (Å²) in [5.74, 6) is 5.94. The molecule has 0 bridgehead atoms. The topological polar surface area (TPSA) is 18.5 Å². The Morgan fingerprint density at radius 2 is 2.41 bits per heavy atom. The van der Waals surface area contributed by atoms with Crippen molar-refractivity contribution in [1.29, 1.82) is 0 Å². The molecule has 1 aromatic carbocycles. The summed E-state index contributed by atoms with van der Waals surface area (Å²) >= 11 is 5.50. The summed E-state index contributed by atoms with van der Waals surface area (Å²) in [4.78, 5) is 0. The van der Waals surface area contributed by atoms with E-state index in [1.54, 1.807) is 6.07 Å². The van der Waals surface area contributed by atoms with E-state index in [0.717, 1.165) is 6.42 Å². The molecule has 2 rings (SSSR count). The minimum absolute atomic E-state index is 0.0200. The van der Waals surface area contributed by atoms with Gasteiger partial charge in [-0.2, -0.15) is 0 Å². The number of halogens is 2. The van der Waals surface area contributed by atoms with Crippen LogP contribution in [0, 0.1) is 17.7 Å². The zero-order valence-corrected chi connectivity index (χ0v) is 9.97. The van der Waals surface area contributed by atoms with Crippen LogP contribution < -0.4 is 4.74 Å². The van der Waals surface area contributed by atoms with Crippen LogP contribution in [0.4, 0.5) is 4.39 Å². The third-order valence-corrected chi connectivity index (χ3v) is 2.55. The summed E-state index contributed by atoms with van der Waals surface area (Å²) in [7, 11) is 0. The van der Waals surface area contributed by atoms with Gasteiger partial charge in [-0.25, -0.2) is 4.39 Å². The number of alkyl halides is 1. The van der Waals surface area contributed by atoms with Crippen molar-refractivity contribution in [2.75, 3.05) is 19.1 Å². The van der Waals surface area contributed by atoms with Gasteiger partial charge >= 0.3 is 0 Å². The quantitative estimate of drug-likeness (QED) is 0.597. The highest BCUT2D eigenvalue weighted by atomic mass is 35.5. The molecule has 1 heterocycles. The van der Waals surface area contributed by atoms with Crippen LogP contribution in [-0.2, 0) is 4.74 Å². The fourth-order valence-corrected chi connectivity index (χ4v) is 1.68. The van der Waals surface area contributed by atoms with Gasteiger partial charge in [-0.15, -0.1) is 11.6 Å². The zero-order valence-electron chi connectivity index (χ0n) is 9.21. The zero-order chi connectivity index (χ0) is 12.1. The average molecular weight is 255 g/mol. The van der Waals surface area contributed by atoms with E-state index >= 15 is 0 Å². The number of hydrogen-bond donors (Lipinski definition) is 0. The van der Waals surface area contributed by atoms with Gasteiger partial charge in [-0.05, 0) is 12.1 Å². The molecule has 0 spiro atoms. The maximum absolute atomic E-state index is 13.2. The molecule has 0 aromatic heterocycles. The summed E-state index contributed by atoms with van der Waals surface area (Å²) in [6.07, 6.45) is 0.798. The summed E-state index contributed by atoms with van der Waals surface area (Å²) in [6.45, 7) is 1.22.